The van der Waals surface area contributed by atoms with Crippen LogP contribution in [0.15, 0.2) is 12.2 Å². The molecule has 5 nitrogen and oxygen atoms in total. The molecule has 1 unspecified atom stereocenters. The van der Waals surface area contributed by atoms with Gasteiger partial charge in [-0.05, 0) is 74.0 Å². The van der Waals surface area contributed by atoms with Gasteiger partial charge in [0.2, 0.25) is 0 Å². The lowest BCUT2D eigenvalue weighted by Gasteiger charge is -2.58. The van der Waals surface area contributed by atoms with Crippen molar-refractivity contribution in [3.8, 4) is 0 Å². The Morgan fingerprint density at radius 3 is 2.40 bits per heavy atom. The lowest BCUT2D eigenvalue weighted by molar-refractivity contribution is -0.136. The summed E-state index contributed by atoms with van der Waals surface area (Å²) in [4.78, 5) is 12.4. The van der Waals surface area contributed by atoms with Gasteiger partial charge in [-0.15, -0.1) is 0 Å². The third-order valence-electron chi connectivity index (χ3n) is 7.92. The van der Waals surface area contributed by atoms with E-state index >= 15 is 0 Å². The monoisotopic (exact) mass is 370 g/mol. The smallest absolute Gasteiger partial charge is 0.299 e. The predicted molar refractivity (Wildman–Crippen MR) is 95.4 cm³/mol. The number of ketones is 1. The van der Waals surface area contributed by atoms with Gasteiger partial charge < -0.3 is 0 Å². The van der Waals surface area contributed by atoms with Crippen molar-refractivity contribution < 1.29 is 22.3 Å². The number of rotatable bonds is 0. The zero-order chi connectivity index (χ0) is 18.5. The van der Waals surface area contributed by atoms with Crippen LogP contribution >= 0.6 is 0 Å². The van der Waals surface area contributed by atoms with Crippen LogP contribution in [0.1, 0.15) is 65.2 Å². The van der Waals surface area contributed by atoms with Gasteiger partial charge in [-0.2, -0.15) is 8.42 Å². The average Bonchev–Trinajstić information content (AvgIpc) is 2.81. The molecule has 0 aromatic rings. The van der Waals surface area contributed by atoms with E-state index in [0.29, 0.717) is 17.1 Å². The molecule has 2 N–H and O–H groups in total. The van der Waals surface area contributed by atoms with E-state index < -0.39 is 10.4 Å². The molecule has 0 bridgehead atoms. The maximum absolute atomic E-state index is 12.4. The summed E-state index contributed by atoms with van der Waals surface area (Å²) in [6.07, 6.45) is 14.8. The molecule has 3 saturated carbocycles. The highest BCUT2D eigenvalue weighted by atomic mass is 32.3. The predicted octanol–water partition coefficient (Wildman–Crippen LogP) is 4.11. The Bertz CT molecular complexity index is 661. The Morgan fingerprint density at radius 1 is 1.04 bits per heavy atom. The minimum atomic E-state index is -4.67. The number of hydrogen-bond acceptors (Lipinski definition) is 3. The highest BCUT2D eigenvalue weighted by Gasteiger charge is 2.59. The van der Waals surface area contributed by atoms with Gasteiger partial charge in [0.25, 0.3) is 0 Å². The molecular formula is C19H30O5S. The maximum Gasteiger partial charge on any atom is 0.394 e. The molecule has 4 aliphatic rings. The fourth-order valence-electron chi connectivity index (χ4n) is 6.61. The summed E-state index contributed by atoms with van der Waals surface area (Å²) in [6.45, 7) is 4.86. The zero-order valence-electron chi connectivity index (χ0n) is 15.1. The summed E-state index contributed by atoms with van der Waals surface area (Å²) in [5.41, 5.74) is 0.583. The second-order valence-corrected chi connectivity index (χ2v) is 9.83. The van der Waals surface area contributed by atoms with Gasteiger partial charge in [0.05, 0.1) is 0 Å². The molecule has 4 rings (SSSR count). The van der Waals surface area contributed by atoms with E-state index in [2.05, 4.69) is 26.0 Å². The van der Waals surface area contributed by atoms with E-state index in [1.165, 1.54) is 44.9 Å². The summed E-state index contributed by atoms with van der Waals surface area (Å²) < 4.78 is 31.6. The molecule has 0 aromatic carbocycles. The van der Waals surface area contributed by atoms with Crippen LogP contribution in [-0.4, -0.2) is 23.3 Å². The minimum absolute atomic E-state index is 0.0505. The first-order chi connectivity index (χ1) is 11.6. The molecule has 4 aliphatic carbocycles. The summed E-state index contributed by atoms with van der Waals surface area (Å²) in [7, 11) is -4.67. The maximum atomic E-state index is 12.4. The van der Waals surface area contributed by atoms with E-state index in [-0.39, 0.29) is 5.41 Å². The van der Waals surface area contributed by atoms with E-state index in [4.69, 9.17) is 17.5 Å². The Labute approximate surface area is 150 Å². The van der Waals surface area contributed by atoms with Crippen molar-refractivity contribution in [1.29, 1.82) is 0 Å². The second kappa shape index (κ2) is 6.46. The number of fused-ring (bicyclic) bond motifs is 5. The molecule has 25 heavy (non-hydrogen) atoms. The second-order valence-electron chi connectivity index (χ2n) is 8.93. The number of allylic oxidation sites excluding steroid dienone is 2. The fraction of sp³-hybridized carbons (Fsp3) is 0.842. The van der Waals surface area contributed by atoms with E-state index in [1.54, 1.807) is 0 Å². The van der Waals surface area contributed by atoms with Crippen molar-refractivity contribution in [1.82, 2.24) is 0 Å². The van der Waals surface area contributed by atoms with Crippen LogP contribution in [0.25, 0.3) is 0 Å². The zero-order valence-corrected chi connectivity index (χ0v) is 16.0. The SMILES string of the molecule is C[C@]12CC=CCC1CC[C@@H]1[C@@H]2CC[C@]2(C)C(=O)CC[C@@H]12.O=S(=O)(O)O. The lowest BCUT2D eigenvalue weighted by Crippen LogP contribution is -2.52. The van der Waals surface area contributed by atoms with Crippen molar-refractivity contribution in [2.75, 3.05) is 0 Å². The minimum Gasteiger partial charge on any atom is -0.299 e. The largest absolute Gasteiger partial charge is 0.394 e. The van der Waals surface area contributed by atoms with E-state index in [0.717, 1.165) is 24.2 Å². The fourth-order valence-corrected chi connectivity index (χ4v) is 6.61. The van der Waals surface area contributed by atoms with Gasteiger partial charge >= 0.3 is 10.4 Å². The molecule has 0 saturated heterocycles. The quantitative estimate of drug-likeness (QED) is 0.494. The average molecular weight is 371 g/mol. The van der Waals surface area contributed by atoms with E-state index in [1.807, 2.05) is 0 Å². The molecule has 3 fully saturated rings. The van der Waals surface area contributed by atoms with Gasteiger partial charge in [0.15, 0.2) is 0 Å². The molecular weight excluding hydrogens is 340 g/mol. The molecule has 0 amide bonds. The van der Waals surface area contributed by atoms with Gasteiger partial charge in [0, 0.05) is 11.8 Å². The van der Waals surface area contributed by atoms with Crippen molar-refractivity contribution in [2.45, 2.75) is 65.2 Å². The third kappa shape index (κ3) is 3.45. The Balaban J connectivity index is 0.000000324. The highest BCUT2D eigenvalue weighted by molar-refractivity contribution is 7.79. The van der Waals surface area contributed by atoms with Gasteiger partial charge in [-0.1, -0.05) is 26.0 Å². The van der Waals surface area contributed by atoms with Crippen LogP contribution in [0.3, 0.4) is 0 Å². The molecule has 0 radical (unpaired) electrons. The molecule has 0 heterocycles. The normalized spacial score (nSPS) is 45.7. The van der Waals surface area contributed by atoms with Crippen LogP contribution in [0.2, 0.25) is 0 Å². The Morgan fingerprint density at radius 2 is 1.72 bits per heavy atom. The first kappa shape index (κ1) is 19.1. The molecule has 0 aromatic heterocycles. The van der Waals surface area contributed by atoms with Crippen LogP contribution in [0.5, 0.6) is 0 Å². The number of Topliss-reactive ketones (excluding diaryl/α,β-unsaturated/α-hetero) is 1. The lowest BCUT2D eigenvalue weighted by atomic mass is 9.46. The van der Waals surface area contributed by atoms with Crippen molar-refractivity contribution >= 4 is 16.2 Å². The van der Waals surface area contributed by atoms with Gasteiger partial charge in [-0.3, -0.25) is 13.9 Å². The standard InChI is InChI=1S/C19H28O.H2O4S/c1-18-11-4-3-5-13(18)6-7-14-15-8-9-17(20)19(15,2)12-10-16(14)18;1-5(2,3)4/h3-4,13-16H,5-12H2,1-2H3;(H2,1,2,3,4)/t13?,14-,15-,16-,18-,19-;/m0./s1. The van der Waals surface area contributed by atoms with E-state index in [9.17, 15) is 4.79 Å². The summed E-state index contributed by atoms with van der Waals surface area (Å²) >= 11 is 0. The number of hydrogen-bond donors (Lipinski definition) is 2. The molecule has 6 atom stereocenters. The van der Waals surface area contributed by atoms with Crippen LogP contribution in [0.4, 0.5) is 0 Å². The van der Waals surface area contributed by atoms with Crippen molar-refractivity contribution in [3.05, 3.63) is 12.2 Å². The van der Waals surface area contributed by atoms with Crippen LogP contribution < -0.4 is 0 Å². The van der Waals surface area contributed by atoms with Crippen molar-refractivity contribution in [2.24, 2.45) is 34.5 Å². The van der Waals surface area contributed by atoms with Gasteiger partial charge in [0.1, 0.15) is 5.78 Å². The van der Waals surface area contributed by atoms with Gasteiger partial charge in [-0.25, -0.2) is 0 Å². The van der Waals surface area contributed by atoms with Crippen LogP contribution in [-0.2, 0) is 15.2 Å². The first-order valence-corrected chi connectivity index (χ1v) is 10.8. The number of carbonyl (C=O) groups is 1. The third-order valence-corrected chi connectivity index (χ3v) is 7.92. The summed E-state index contributed by atoms with van der Waals surface area (Å²) in [6, 6.07) is 0. The highest BCUT2D eigenvalue weighted by Crippen LogP contribution is 2.64. The molecule has 0 spiro atoms. The topological polar surface area (TPSA) is 91.7 Å². The summed E-state index contributed by atoms with van der Waals surface area (Å²) in [5, 5.41) is 0. The molecule has 142 valence electrons. The first-order valence-electron chi connectivity index (χ1n) is 9.44. The van der Waals surface area contributed by atoms with Crippen molar-refractivity contribution in [3.63, 3.8) is 0 Å². The number of carbonyl (C=O) groups excluding carboxylic acids is 1. The summed E-state index contributed by atoms with van der Waals surface area (Å²) in [5.74, 6) is 3.92. The Hall–Kier alpha value is -0.720. The molecule has 0 aliphatic heterocycles. The van der Waals surface area contributed by atoms with Crippen LogP contribution in [0, 0.1) is 34.5 Å². The molecule has 6 heteroatoms. The Kier molecular flexibility index (Phi) is 4.93.